The molecule has 0 spiro atoms. The van der Waals surface area contributed by atoms with Crippen molar-refractivity contribution in [2.75, 3.05) is 26.2 Å². The third kappa shape index (κ3) is 19.7. The minimum Gasteiger partial charge on any atom is -1.00 e. The van der Waals surface area contributed by atoms with Crippen LogP contribution in [-0.4, -0.2) is 70.1 Å². The number of H-pyrrole nitrogens is 2. The van der Waals surface area contributed by atoms with Gasteiger partial charge in [0, 0.05) is 16.7 Å². The van der Waals surface area contributed by atoms with Gasteiger partial charge in [-0.2, -0.15) is 10.2 Å². The number of ether oxygens (including phenoxy) is 3. The molecule has 18 heteroatoms. The van der Waals surface area contributed by atoms with Crippen LogP contribution < -0.4 is 113 Å². The first-order valence-electron chi connectivity index (χ1n) is 14.7. The molecule has 0 aliphatic rings. The number of aromatic nitrogens is 4. The molecule has 0 aliphatic heterocycles. The first kappa shape index (κ1) is 54.8. The number of phenolic OH excluding ortho intramolecular Hbond substituents is 1. The summed E-state index contributed by atoms with van der Waals surface area (Å²) in [6.07, 6.45) is 3.83. The predicted molar refractivity (Wildman–Crippen MR) is 184 cm³/mol. The summed E-state index contributed by atoms with van der Waals surface area (Å²) in [5.41, 5.74) is 7.29. The van der Waals surface area contributed by atoms with Gasteiger partial charge < -0.3 is 30.9 Å². The number of nitrogens with zero attached hydrogens (tertiary/aromatic N) is 2. The summed E-state index contributed by atoms with van der Waals surface area (Å²) in [5, 5.41) is 32.5. The Balaban J connectivity index is -0.000000333. The number of aryl methyl sites for hydroxylation is 4. The summed E-state index contributed by atoms with van der Waals surface area (Å²) in [6.45, 7) is 8.21. The molecule has 0 saturated carbocycles. The van der Waals surface area contributed by atoms with Gasteiger partial charge in [-0.15, -0.1) is 0 Å². The third-order valence-corrected chi connectivity index (χ3v) is 7.27. The van der Waals surface area contributed by atoms with E-state index in [1.165, 1.54) is 56.2 Å². The van der Waals surface area contributed by atoms with Crippen molar-refractivity contribution in [3.63, 3.8) is 0 Å². The molecule has 4 rings (SSSR count). The molecule has 0 fully saturated rings. The molecule has 2 aromatic carbocycles. The van der Waals surface area contributed by atoms with Gasteiger partial charge in [-0.1, -0.05) is 23.4 Å². The van der Waals surface area contributed by atoms with Crippen LogP contribution in [-0.2, 0) is 32.0 Å². The number of alkyl halides is 1. The quantitative estimate of drug-likeness (QED) is 0.0346. The average molecular weight is 850 g/mol. The van der Waals surface area contributed by atoms with Crippen molar-refractivity contribution >= 4 is 34.3 Å². The van der Waals surface area contributed by atoms with Crippen molar-refractivity contribution in [1.82, 2.24) is 20.4 Å². The van der Waals surface area contributed by atoms with Gasteiger partial charge in [-0.05, 0) is 101 Å². The van der Waals surface area contributed by atoms with E-state index in [1.807, 2.05) is 20.8 Å². The van der Waals surface area contributed by atoms with E-state index >= 15 is 0 Å². The molecule has 52 heavy (non-hydrogen) atoms. The van der Waals surface area contributed by atoms with Gasteiger partial charge in [-0.3, -0.25) is 15.0 Å². The molecule has 13 nitrogen and oxygen atoms in total. The number of methoxy groups -OCH3 is 2. The maximum absolute atomic E-state index is 13.7. The number of esters is 2. The van der Waals surface area contributed by atoms with Gasteiger partial charge in [0.15, 0.2) is 23.1 Å². The summed E-state index contributed by atoms with van der Waals surface area (Å²) in [4.78, 5) is 33.5. The third-order valence-electron chi connectivity index (χ3n) is 6.71. The van der Waals surface area contributed by atoms with Crippen LogP contribution in [0.4, 0.5) is 8.78 Å². The van der Waals surface area contributed by atoms with Gasteiger partial charge in [0.2, 0.25) is 0 Å². The van der Waals surface area contributed by atoms with Crippen LogP contribution in [0.5, 0.6) is 11.5 Å². The van der Waals surface area contributed by atoms with Crippen LogP contribution in [0.1, 0.15) is 76.3 Å². The number of rotatable bonds is 11. The van der Waals surface area contributed by atoms with Crippen LogP contribution in [0.25, 0.3) is 0 Å². The number of carbonyl (C=O) groups is 3. The minimum absolute atomic E-state index is 0. The largest absolute Gasteiger partial charge is 1.00 e. The number of carbonyl (C=O) groups excluding carboxylic acids is 3. The van der Waals surface area contributed by atoms with Crippen molar-refractivity contribution in [2.45, 2.75) is 60.8 Å². The van der Waals surface area contributed by atoms with Crippen LogP contribution >= 0.6 is 15.9 Å². The zero-order chi connectivity index (χ0) is 36.9. The second-order valence-corrected chi connectivity index (χ2v) is 10.8. The number of hydrogen-bond donors (Lipinski definition) is 3. The average Bonchev–Trinajstić information content (AvgIpc) is 3.61. The molecule has 0 saturated heterocycles. The first-order valence-corrected chi connectivity index (χ1v) is 15.8. The monoisotopic (exact) mass is 848 g/mol. The van der Waals surface area contributed by atoms with E-state index in [-0.39, 0.29) is 135 Å². The molecule has 0 amide bonds. The standard InChI is InChI=1S/C16H19FN2O3.C8H13BrN2.C8H7FO3.CH2O3.CH4.2K.H/c1-10-13(11(2)19-18-10)5-4-8-22-15-9-12(16(20)21-3)6-7-14(15)17;1-6-8(4-3-5-9)7(2)11-10-6;1-12-8(11)5-2-3-6(9)7(10)4-5;2-1-4-3;;;;/h6-7,9H,4-5,8H2,1-3H3,(H,18,19);3-5H2,1-2H3,(H,10,11);2-4,10H,1H3;1,3H;1H4;;;/q;;;;;2*+1;-1/p-1. The second-order valence-electron chi connectivity index (χ2n) is 10.1. The van der Waals surface area contributed by atoms with Crippen molar-refractivity contribution in [2.24, 2.45) is 0 Å². The van der Waals surface area contributed by atoms with Crippen LogP contribution in [0.3, 0.4) is 0 Å². The molecule has 4 aromatic rings. The Morgan fingerprint density at radius 3 is 1.69 bits per heavy atom. The van der Waals surface area contributed by atoms with E-state index in [0.29, 0.717) is 6.61 Å². The number of aromatic amines is 2. The number of phenols is 1. The predicted octanol–water partition coefficient (Wildman–Crippen LogP) is -0.173. The van der Waals surface area contributed by atoms with Gasteiger partial charge in [0.25, 0.3) is 6.47 Å². The first-order chi connectivity index (χ1) is 23.3. The van der Waals surface area contributed by atoms with Gasteiger partial charge >= 0.3 is 115 Å². The van der Waals surface area contributed by atoms with E-state index in [2.05, 4.69) is 57.6 Å². The molecule has 0 bridgehead atoms. The number of benzene rings is 2. The maximum Gasteiger partial charge on any atom is 1.00 e. The summed E-state index contributed by atoms with van der Waals surface area (Å²) < 4.78 is 40.5. The Labute approximate surface area is 397 Å². The SMILES string of the molecule is C.COC(=O)c1ccc(F)c(O)c1.COC(=O)c1ccc(F)c(OCCCc2c(C)n[nH]c2C)c1.Cc1n[nH]c(C)c1CCCBr.O=CO[O-].[H-].[K+].[K+]. The van der Waals surface area contributed by atoms with Crippen LogP contribution in [0.2, 0.25) is 0 Å². The zero-order valence-electron chi connectivity index (χ0n) is 31.0. The van der Waals surface area contributed by atoms with Crippen molar-refractivity contribution < 1.29 is 157 Å². The van der Waals surface area contributed by atoms with E-state index in [1.54, 1.807) is 0 Å². The number of hydrogen-bond acceptors (Lipinski definition) is 11. The summed E-state index contributed by atoms with van der Waals surface area (Å²) in [6, 6.07) is 7.18. The van der Waals surface area contributed by atoms with Crippen molar-refractivity contribution in [1.29, 1.82) is 0 Å². The molecule has 2 aromatic heterocycles. The Morgan fingerprint density at radius 1 is 0.865 bits per heavy atom. The minimum atomic E-state index is -0.761. The molecular weight excluding hydrogens is 804 g/mol. The smallest absolute Gasteiger partial charge is 1.00 e. The van der Waals surface area contributed by atoms with Crippen LogP contribution in [0, 0.1) is 39.3 Å². The zero-order valence-corrected chi connectivity index (χ0v) is 37.9. The Hall–Kier alpha value is -1.56. The van der Waals surface area contributed by atoms with Crippen molar-refractivity contribution in [3.05, 3.63) is 93.1 Å². The molecule has 3 N–H and O–H groups in total. The van der Waals surface area contributed by atoms with Crippen LogP contribution in [0.15, 0.2) is 36.4 Å². The molecule has 0 aliphatic carbocycles. The van der Waals surface area contributed by atoms with E-state index in [0.717, 1.165) is 59.4 Å². The van der Waals surface area contributed by atoms with Gasteiger partial charge in [0.1, 0.15) is 0 Å². The molecular formula is C34H45BrF2K2N4O9. The Morgan fingerprint density at radius 2 is 1.31 bits per heavy atom. The van der Waals surface area contributed by atoms with Crippen molar-refractivity contribution in [3.8, 4) is 11.5 Å². The van der Waals surface area contributed by atoms with Gasteiger partial charge in [0.05, 0.1) is 43.3 Å². The Kier molecular flexibility index (Phi) is 32.4. The summed E-state index contributed by atoms with van der Waals surface area (Å²) in [7, 11) is 2.49. The molecule has 0 atom stereocenters. The molecule has 278 valence electrons. The molecule has 2 heterocycles. The van der Waals surface area contributed by atoms with E-state index in [9.17, 15) is 18.4 Å². The fourth-order valence-corrected chi connectivity index (χ4v) is 4.46. The number of halogens is 3. The maximum atomic E-state index is 13.7. The fraction of sp³-hybridized carbons (Fsp3) is 0.382. The number of nitrogens with one attached hydrogen (secondary N) is 2. The van der Waals surface area contributed by atoms with E-state index < -0.39 is 29.3 Å². The normalized spacial score (nSPS) is 9.27. The summed E-state index contributed by atoms with van der Waals surface area (Å²) >= 11 is 3.41. The second kappa shape index (κ2) is 30.7. The molecule has 0 radical (unpaired) electrons. The van der Waals surface area contributed by atoms with Gasteiger partial charge in [-0.25, -0.2) is 18.4 Å². The van der Waals surface area contributed by atoms with E-state index in [4.69, 9.17) is 19.9 Å². The Bertz CT molecular complexity index is 1610. The molecule has 0 unspecified atom stereocenters. The fourth-order valence-electron chi connectivity index (χ4n) is 4.18. The topological polar surface area (TPSA) is 189 Å². The summed E-state index contributed by atoms with van der Waals surface area (Å²) in [5.74, 6) is -2.88. The number of aromatic hydroxyl groups is 1.